The molecule has 0 aromatic heterocycles. The molecule has 0 unspecified atom stereocenters. The number of anilines is 1. The second kappa shape index (κ2) is 7.85. The Morgan fingerprint density at radius 1 is 1.04 bits per heavy atom. The van der Waals surface area contributed by atoms with Crippen molar-refractivity contribution in [1.82, 2.24) is 5.32 Å². The highest BCUT2D eigenvalue weighted by atomic mass is 32.1. The molecule has 3 N–H and O–H groups in total. The van der Waals surface area contributed by atoms with E-state index in [2.05, 4.69) is 10.6 Å². The van der Waals surface area contributed by atoms with Crippen LogP contribution in [0.4, 0.5) is 5.69 Å². The molecule has 1 amide bonds. The average molecular weight is 360 g/mol. The highest BCUT2D eigenvalue weighted by molar-refractivity contribution is 7.80. The standard InChI is InChI=1S/C18H20N2O4S/c1-10-7-13(14(21)8-11(10)2)19-18(25)20-17(22)12-5-6-15(23-3)16(9-12)24-4/h5-9,21H,1-4H3,(H2,19,20,22,25). The quantitative estimate of drug-likeness (QED) is 0.574. The second-order valence-electron chi connectivity index (χ2n) is 5.43. The van der Waals surface area contributed by atoms with Crippen LogP contribution in [0.2, 0.25) is 0 Å². The molecule has 0 radical (unpaired) electrons. The van der Waals surface area contributed by atoms with Crippen molar-refractivity contribution in [2.24, 2.45) is 0 Å². The first-order chi connectivity index (χ1) is 11.8. The highest BCUT2D eigenvalue weighted by Gasteiger charge is 2.13. The van der Waals surface area contributed by atoms with Crippen molar-refractivity contribution in [2.75, 3.05) is 19.5 Å². The van der Waals surface area contributed by atoms with E-state index in [0.717, 1.165) is 11.1 Å². The van der Waals surface area contributed by atoms with Gasteiger partial charge in [-0.1, -0.05) is 0 Å². The van der Waals surface area contributed by atoms with E-state index in [9.17, 15) is 9.90 Å². The van der Waals surface area contributed by atoms with Gasteiger partial charge in [-0.15, -0.1) is 0 Å². The monoisotopic (exact) mass is 360 g/mol. The molecule has 2 aromatic carbocycles. The van der Waals surface area contributed by atoms with Crippen molar-refractivity contribution in [3.8, 4) is 17.2 Å². The van der Waals surface area contributed by atoms with Gasteiger partial charge < -0.3 is 19.9 Å². The normalized spacial score (nSPS) is 10.1. The number of ether oxygens (including phenoxy) is 2. The number of aromatic hydroxyl groups is 1. The minimum atomic E-state index is -0.401. The molecule has 0 aliphatic rings. The van der Waals surface area contributed by atoms with E-state index in [1.165, 1.54) is 14.2 Å². The molecular weight excluding hydrogens is 340 g/mol. The highest BCUT2D eigenvalue weighted by Crippen LogP contribution is 2.28. The maximum absolute atomic E-state index is 12.3. The fraction of sp³-hybridized carbons (Fsp3) is 0.222. The minimum Gasteiger partial charge on any atom is -0.506 e. The van der Waals surface area contributed by atoms with E-state index < -0.39 is 5.91 Å². The van der Waals surface area contributed by atoms with E-state index in [-0.39, 0.29) is 10.9 Å². The number of thiocarbonyl (C=S) groups is 1. The zero-order valence-electron chi connectivity index (χ0n) is 14.5. The summed E-state index contributed by atoms with van der Waals surface area (Å²) in [5.74, 6) is 0.633. The van der Waals surface area contributed by atoms with Gasteiger partial charge in [0.15, 0.2) is 16.6 Å². The van der Waals surface area contributed by atoms with E-state index in [1.807, 2.05) is 13.8 Å². The first-order valence-electron chi connectivity index (χ1n) is 7.50. The lowest BCUT2D eigenvalue weighted by atomic mass is 10.1. The van der Waals surface area contributed by atoms with Crippen LogP contribution in [0.3, 0.4) is 0 Å². The van der Waals surface area contributed by atoms with Crippen LogP contribution in [0, 0.1) is 13.8 Å². The predicted molar refractivity (Wildman–Crippen MR) is 101 cm³/mol. The van der Waals surface area contributed by atoms with E-state index in [1.54, 1.807) is 30.3 Å². The molecule has 25 heavy (non-hydrogen) atoms. The van der Waals surface area contributed by atoms with Crippen LogP contribution in [0.5, 0.6) is 17.2 Å². The number of nitrogens with one attached hydrogen (secondary N) is 2. The molecule has 0 heterocycles. The Balaban J connectivity index is 2.10. The van der Waals surface area contributed by atoms with Gasteiger partial charge in [-0.2, -0.15) is 0 Å². The Morgan fingerprint density at radius 3 is 2.32 bits per heavy atom. The summed E-state index contributed by atoms with van der Waals surface area (Å²) < 4.78 is 10.3. The van der Waals surface area contributed by atoms with Gasteiger partial charge in [0.1, 0.15) is 5.75 Å². The van der Waals surface area contributed by atoms with Crippen molar-refractivity contribution < 1.29 is 19.4 Å². The predicted octanol–water partition coefficient (Wildman–Crippen LogP) is 3.15. The van der Waals surface area contributed by atoms with Gasteiger partial charge in [-0.3, -0.25) is 10.1 Å². The molecule has 0 aliphatic carbocycles. The van der Waals surface area contributed by atoms with Gasteiger partial charge >= 0.3 is 0 Å². The zero-order chi connectivity index (χ0) is 18.6. The first kappa shape index (κ1) is 18.5. The lowest BCUT2D eigenvalue weighted by molar-refractivity contribution is 0.0977. The maximum atomic E-state index is 12.3. The molecule has 2 aromatic rings. The van der Waals surface area contributed by atoms with Gasteiger partial charge in [0.25, 0.3) is 5.91 Å². The van der Waals surface area contributed by atoms with Gasteiger partial charge in [0.05, 0.1) is 19.9 Å². The summed E-state index contributed by atoms with van der Waals surface area (Å²) >= 11 is 5.15. The third kappa shape index (κ3) is 4.39. The molecule has 132 valence electrons. The van der Waals surface area contributed by atoms with E-state index in [0.29, 0.717) is 22.7 Å². The van der Waals surface area contributed by atoms with Crippen molar-refractivity contribution in [2.45, 2.75) is 13.8 Å². The minimum absolute atomic E-state index is 0.0609. The molecule has 0 saturated heterocycles. The lowest BCUT2D eigenvalue weighted by Gasteiger charge is -2.13. The Morgan fingerprint density at radius 2 is 1.68 bits per heavy atom. The van der Waals surface area contributed by atoms with E-state index in [4.69, 9.17) is 21.7 Å². The number of hydrogen-bond donors (Lipinski definition) is 3. The molecular formula is C18H20N2O4S. The van der Waals surface area contributed by atoms with Gasteiger partial charge in [-0.05, 0) is 67.5 Å². The summed E-state index contributed by atoms with van der Waals surface area (Å²) in [7, 11) is 3.01. The third-order valence-corrected chi connectivity index (χ3v) is 3.94. The molecule has 0 aliphatic heterocycles. The SMILES string of the molecule is COc1ccc(C(=O)NC(=S)Nc2cc(C)c(C)cc2O)cc1OC. The summed E-state index contributed by atoms with van der Waals surface area (Å²) in [6, 6.07) is 8.20. The third-order valence-electron chi connectivity index (χ3n) is 3.73. The first-order valence-corrected chi connectivity index (χ1v) is 7.91. The smallest absolute Gasteiger partial charge is 0.257 e. The molecule has 7 heteroatoms. The summed E-state index contributed by atoms with van der Waals surface area (Å²) in [6.07, 6.45) is 0. The average Bonchev–Trinajstić information content (AvgIpc) is 2.58. The number of rotatable bonds is 4. The van der Waals surface area contributed by atoms with Crippen LogP contribution in [0.1, 0.15) is 21.5 Å². The second-order valence-corrected chi connectivity index (χ2v) is 5.84. The topological polar surface area (TPSA) is 79.8 Å². The molecule has 0 saturated carbocycles. The zero-order valence-corrected chi connectivity index (χ0v) is 15.3. The van der Waals surface area contributed by atoms with Gasteiger partial charge in [-0.25, -0.2) is 0 Å². The summed E-state index contributed by atoms with van der Waals surface area (Å²) in [6.45, 7) is 3.82. The van der Waals surface area contributed by atoms with Crippen LogP contribution < -0.4 is 20.1 Å². The number of hydrogen-bond acceptors (Lipinski definition) is 5. The molecule has 0 spiro atoms. The number of methoxy groups -OCH3 is 2. The fourth-order valence-electron chi connectivity index (χ4n) is 2.21. The number of phenols is 1. The Kier molecular flexibility index (Phi) is 5.82. The van der Waals surface area contributed by atoms with Crippen LogP contribution in [0.15, 0.2) is 30.3 Å². The van der Waals surface area contributed by atoms with Crippen LogP contribution >= 0.6 is 12.2 Å². The lowest BCUT2D eigenvalue weighted by Crippen LogP contribution is -2.34. The Labute approximate surface area is 151 Å². The molecule has 6 nitrogen and oxygen atoms in total. The van der Waals surface area contributed by atoms with Crippen LogP contribution in [0.25, 0.3) is 0 Å². The van der Waals surface area contributed by atoms with Crippen molar-refractivity contribution in [3.05, 3.63) is 47.0 Å². The summed E-state index contributed by atoms with van der Waals surface area (Å²) in [5, 5.41) is 15.5. The molecule has 2 rings (SSSR count). The number of phenolic OH excluding ortho intramolecular Hbond substituents is 1. The van der Waals surface area contributed by atoms with Crippen LogP contribution in [-0.2, 0) is 0 Å². The van der Waals surface area contributed by atoms with Gasteiger partial charge in [0, 0.05) is 5.56 Å². The number of amides is 1. The number of benzene rings is 2. The number of aryl methyl sites for hydroxylation is 2. The maximum Gasteiger partial charge on any atom is 0.257 e. The summed E-state index contributed by atoms with van der Waals surface area (Å²) in [5.41, 5.74) is 2.75. The largest absolute Gasteiger partial charge is 0.506 e. The van der Waals surface area contributed by atoms with Crippen molar-refractivity contribution in [1.29, 1.82) is 0 Å². The Hall–Kier alpha value is -2.80. The number of carbonyl (C=O) groups excluding carboxylic acids is 1. The molecule has 0 fully saturated rings. The van der Waals surface area contributed by atoms with Crippen LogP contribution in [-0.4, -0.2) is 30.3 Å². The Bertz CT molecular complexity index is 821. The van der Waals surface area contributed by atoms with Crippen molar-refractivity contribution >= 4 is 28.9 Å². The number of carbonyl (C=O) groups is 1. The van der Waals surface area contributed by atoms with E-state index >= 15 is 0 Å². The fourth-order valence-corrected chi connectivity index (χ4v) is 2.41. The van der Waals surface area contributed by atoms with Crippen molar-refractivity contribution in [3.63, 3.8) is 0 Å². The molecule has 0 atom stereocenters. The van der Waals surface area contributed by atoms with Gasteiger partial charge in [0.2, 0.25) is 0 Å². The molecule has 0 bridgehead atoms. The summed E-state index contributed by atoms with van der Waals surface area (Å²) in [4.78, 5) is 12.3.